The number of hydrogen-bond acceptors (Lipinski definition) is 2. The highest BCUT2D eigenvalue weighted by molar-refractivity contribution is 5.62. The standard InChI is InChI=1S/C6H6.C4H10O.C2H4O2/c1-2-4-6-5-3-1;1-2-3-4-5;1-2(3)4/h1-6H;5H,2-4H2,1H3;1H3,(H,3,4). The smallest absolute Gasteiger partial charge is 0.300 e. The molecule has 0 heterocycles. The van der Waals surface area contributed by atoms with Gasteiger partial charge in [0.1, 0.15) is 0 Å². The number of carboxylic acids is 1. The molecule has 0 saturated carbocycles. The maximum absolute atomic E-state index is 9.00. The minimum absolute atomic E-state index is 0.344. The Bertz CT molecular complexity index is 177. The SMILES string of the molecule is CC(=O)O.CCCCO.c1ccccc1. The largest absolute Gasteiger partial charge is 0.481 e. The molecule has 0 bridgehead atoms. The van der Waals surface area contributed by atoms with E-state index in [0.717, 1.165) is 19.8 Å². The number of rotatable bonds is 2. The quantitative estimate of drug-likeness (QED) is 0.792. The first-order valence-corrected chi connectivity index (χ1v) is 4.95. The number of hydrogen-bond donors (Lipinski definition) is 2. The minimum Gasteiger partial charge on any atom is -0.481 e. The van der Waals surface area contributed by atoms with Crippen molar-refractivity contribution in [2.45, 2.75) is 26.7 Å². The fraction of sp³-hybridized carbons (Fsp3) is 0.417. The molecule has 0 saturated heterocycles. The van der Waals surface area contributed by atoms with Gasteiger partial charge in [0.05, 0.1) is 0 Å². The summed E-state index contributed by atoms with van der Waals surface area (Å²) in [5.74, 6) is -0.833. The van der Waals surface area contributed by atoms with E-state index >= 15 is 0 Å². The molecule has 0 atom stereocenters. The van der Waals surface area contributed by atoms with E-state index in [9.17, 15) is 0 Å². The van der Waals surface area contributed by atoms with Gasteiger partial charge in [-0.3, -0.25) is 4.79 Å². The molecule has 2 N–H and O–H groups in total. The Morgan fingerprint density at radius 1 is 1.07 bits per heavy atom. The second kappa shape index (κ2) is 15.1. The van der Waals surface area contributed by atoms with E-state index in [1.807, 2.05) is 36.4 Å². The molecular weight excluding hydrogens is 192 g/mol. The molecule has 1 aromatic carbocycles. The van der Waals surface area contributed by atoms with Crippen molar-refractivity contribution in [3.63, 3.8) is 0 Å². The van der Waals surface area contributed by atoms with Gasteiger partial charge in [-0.15, -0.1) is 0 Å². The monoisotopic (exact) mass is 212 g/mol. The average Bonchev–Trinajstić information content (AvgIpc) is 2.22. The van der Waals surface area contributed by atoms with Gasteiger partial charge in [0.15, 0.2) is 0 Å². The molecule has 1 aromatic rings. The molecule has 0 spiro atoms. The van der Waals surface area contributed by atoms with Gasteiger partial charge in [0, 0.05) is 13.5 Å². The lowest BCUT2D eigenvalue weighted by Gasteiger charge is -1.79. The molecule has 3 heteroatoms. The third-order valence-corrected chi connectivity index (χ3v) is 1.18. The van der Waals surface area contributed by atoms with E-state index in [-0.39, 0.29) is 0 Å². The van der Waals surface area contributed by atoms with E-state index in [2.05, 4.69) is 6.92 Å². The number of benzene rings is 1. The van der Waals surface area contributed by atoms with Crippen LogP contribution in [0.2, 0.25) is 0 Å². The molecule has 0 aliphatic heterocycles. The van der Waals surface area contributed by atoms with E-state index in [4.69, 9.17) is 15.0 Å². The van der Waals surface area contributed by atoms with Crippen LogP contribution in [0, 0.1) is 0 Å². The van der Waals surface area contributed by atoms with Gasteiger partial charge in [-0.25, -0.2) is 0 Å². The van der Waals surface area contributed by atoms with Crippen LogP contribution < -0.4 is 0 Å². The first-order valence-electron chi connectivity index (χ1n) is 4.95. The molecule has 3 nitrogen and oxygen atoms in total. The summed E-state index contributed by atoms with van der Waals surface area (Å²) in [5, 5.41) is 15.5. The zero-order valence-corrected chi connectivity index (χ0v) is 9.39. The Labute approximate surface area is 91.4 Å². The number of aliphatic carboxylic acids is 1. The maximum atomic E-state index is 9.00. The van der Waals surface area contributed by atoms with Gasteiger partial charge in [-0.2, -0.15) is 0 Å². The highest BCUT2D eigenvalue weighted by atomic mass is 16.4. The number of carboxylic acid groups (broad SMARTS) is 1. The molecule has 1 rings (SSSR count). The molecule has 0 aromatic heterocycles. The van der Waals surface area contributed by atoms with Crippen molar-refractivity contribution in [2.75, 3.05) is 6.61 Å². The Kier molecular flexibility index (Phi) is 16.2. The lowest BCUT2D eigenvalue weighted by molar-refractivity contribution is -0.134. The van der Waals surface area contributed by atoms with Crippen LogP contribution in [-0.4, -0.2) is 22.8 Å². The number of aliphatic hydroxyl groups excluding tert-OH is 1. The van der Waals surface area contributed by atoms with E-state index in [1.54, 1.807) is 0 Å². The predicted molar refractivity (Wildman–Crippen MR) is 61.7 cm³/mol. The summed E-state index contributed by atoms with van der Waals surface area (Å²) in [5.41, 5.74) is 0. The number of carbonyl (C=O) groups is 1. The minimum atomic E-state index is -0.833. The van der Waals surface area contributed by atoms with Gasteiger partial charge in [0.25, 0.3) is 5.97 Å². The second-order valence-electron chi connectivity index (χ2n) is 2.75. The first kappa shape index (κ1) is 16.1. The molecule has 0 unspecified atom stereocenters. The fourth-order valence-corrected chi connectivity index (χ4v) is 0.543. The van der Waals surface area contributed by atoms with Crippen molar-refractivity contribution < 1.29 is 15.0 Å². The number of aliphatic hydroxyl groups is 1. The van der Waals surface area contributed by atoms with E-state index in [0.29, 0.717) is 6.61 Å². The molecule has 0 amide bonds. The Morgan fingerprint density at radius 2 is 1.33 bits per heavy atom. The van der Waals surface area contributed by atoms with Gasteiger partial charge in [-0.1, -0.05) is 49.7 Å². The van der Waals surface area contributed by atoms with Gasteiger partial charge < -0.3 is 10.2 Å². The molecule has 0 radical (unpaired) electrons. The van der Waals surface area contributed by atoms with Crippen molar-refractivity contribution in [2.24, 2.45) is 0 Å². The van der Waals surface area contributed by atoms with Crippen LogP contribution in [-0.2, 0) is 4.79 Å². The Hall–Kier alpha value is -1.35. The molecule has 15 heavy (non-hydrogen) atoms. The van der Waals surface area contributed by atoms with Crippen LogP contribution in [0.15, 0.2) is 36.4 Å². The lowest BCUT2D eigenvalue weighted by Crippen LogP contribution is -1.78. The third kappa shape index (κ3) is 32.4. The summed E-state index contributed by atoms with van der Waals surface area (Å²) in [6, 6.07) is 12.0. The number of unbranched alkanes of at least 4 members (excludes halogenated alkanes) is 1. The summed E-state index contributed by atoms with van der Waals surface area (Å²) in [6.45, 7) is 3.48. The van der Waals surface area contributed by atoms with Crippen molar-refractivity contribution in [1.82, 2.24) is 0 Å². The van der Waals surface area contributed by atoms with Gasteiger partial charge in [0.2, 0.25) is 0 Å². The molecule has 0 aliphatic carbocycles. The Balaban J connectivity index is 0. The van der Waals surface area contributed by atoms with Crippen LogP contribution in [0.4, 0.5) is 0 Å². The summed E-state index contributed by atoms with van der Waals surface area (Å²) >= 11 is 0. The lowest BCUT2D eigenvalue weighted by atomic mass is 10.4. The Morgan fingerprint density at radius 3 is 1.40 bits per heavy atom. The summed E-state index contributed by atoms with van der Waals surface area (Å²) < 4.78 is 0. The molecule has 0 fully saturated rings. The van der Waals surface area contributed by atoms with Crippen molar-refractivity contribution in [3.05, 3.63) is 36.4 Å². The molecule has 0 aliphatic rings. The predicted octanol–water partition coefficient (Wildman–Crippen LogP) is 2.56. The normalized spacial score (nSPS) is 7.67. The van der Waals surface area contributed by atoms with Gasteiger partial charge in [-0.05, 0) is 6.42 Å². The molecular formula is C12H20O3. The van der Waals surface area contributed by atoms with Gasteiger partial charge >= 0.3 is 0 Å². The van der Waals surface area contributed by atoms with E-state index < -0.39 is 5.97 Å². The summed E-state index contributed by atoms with van der Waals surface area (Å²) in [6.07, 6.45) is 2.04. The highest BCUT2D eigenvalue weighted by Crippen LogP contribution is 1.80. The van der Waals surface area contributed by atoms with Crippen LogP contribution >= 0.6 is 0 Å². The van der Waals surface area contributed by atoms with Crippen LogP contribution in [0.5, 0.6) is 0 Å². The van der Waals surface area contributed by atoms with Crippen LogP contribution in [0.3, 0.4) is 0 Å². The van der Waals surface area contributed by atoms with Crippen molar-refractivity contribution in [1.29, 1.82) is 0 Å². The fourth-order valence-electron chi connectivity index (χ4n) is 0.543. The topological polar surface area (TPSA) is 57.5 Å². The second-order valence-corrected chi connectivity index (χ2v) is 2.75. The first-order chi connectivity index (χ1) is 7.15. The van der Waals surface area contributed by atoms with Crippen molar-refractivity contribution >= 4 is 5.97 Å². The van der Waals surface area contributed by atoms with Crippen LogP contribution in [0.1, 0.15) is 26.7 Å². The van der Waals surface area contributed by atoms with E-state index in [1.165, 1.54) is 0 Å². The zero-order chi connectivity index (χ0) is 11.9. The third-order valence-electron chi connectivity index (χ3n) is 1.18. The highest BCUT2D eigenvalue weighted by Gasteiger charge is 1.69. The zero-order valence-electron chi connectivity index (χ0n) is 9.39. The average molecular weight is 212 g/mol. The van der Waals surface area contributed by atoms with Crippen molar-refractivity contribution in [3.8, 4) is 0 Å². The van der Waals surface area contributed by atoms with Crippen LogP contribution in [0.25, 0.3) is 0 Å². The summed E-state index contributed by atoms with van der Waals surface area (Å²) in [7, 11) is 0. The summed E-state index contributed by atoms with van der Waals surface area (Å²) in [4.78, 5) is 9.00. The maximum Gasteiger partial charge on any atom is 0.300 e. The molecule has 86 valence electrons.